The van der Waals surface area contributed by atoms with Crippen molar-refractivity contribution < 1.29 is 31.5 Å². The summed E-state index contributed by atoms with van der Waals surface area (Å²) in [7, 11) is -3.10. The molecule has 0 aliphatic carbocycles. The SMILES string of the molecule is O=C(Nc1ccc2c(c1)OC(F)(F)O2)NC1CCS(=O)(=O)C1. The molecule has 1 atom stereocenters. The third-order valence-corrected chi connectivity index (χ3v) is 4.99. The number of ether oxygens (including phenoxy) is 2. The summed E-state index contributed by atoms with van der Waals surface area (Å²) in [5.74, 6) is -0.380. The minimum absolute atomic E-state index is 0.0387. The number of hydrogen-bond acceptors (Lipinski definition) is 5. The van der Waals surface area contributed by atoms with Gasteiger partial charge in [-0.15, -0.1) is 8.78 Å². The van der Waals surface area contributed by atoms with Crippen LogP contribution in [0.3, 0.4) is 0 Å². The molecule has 0 aromatic heterocycles. The quantitative estimate of drug-likeness (QED) is 0.851. The Hall–Kier alpha value is -2.10. The van der Waals surface area contributed by atoms with E-state index in [1.165, 1.54) is 18.2 Å². The zero-order valence-electron chi connectivity index (χ0n) is 11.1. The molecule has 0 radical (unpaired) electrons. The van der Waals surface area contributed by atoms with E-state index in [2.05, 4.69) is 20.1 Å². The van der Waals surface area contributed by atoms with Gasteiger partial charge in [0.05, 0.1) is 11.5 Å². The predicted molar refractivity (Wildman–Crippen MR) is 71.9 cm³/mol. The van der Waals surface area contributed by atoms with Crippen LogP contribution in [0.1, 0.15) is 6.42 Å². The Labute approximate surface area is 124 Å². The first-order valence-electron chi connectivity index (χ1n) is 6.40. The number of carbonyl (C=O) groups excluding carboxylic acids is 1. The lowest BCUT2D eigenvalue weighted by Crippen LogP contribution is -2.38. The highest BCUT2D eigenvalue weighted by atomic mass is 32.2. The van der Waals surface area contributed by atoms with Crippen LogP contribution < -0.4 is 20.1 Å². The number of nitrogens with one attached hydrogen (secondary N) is 2. The van der Waals surface area contributed by atoms with Crippen molar-refractivity contribution in [3.05, 3.63) is 18.2 Å². The van der Waals surface area contributed by atoms with Gasteiger partial charge in [-0.25, -0.2) is 13.2 Å². The minimum Gasteiger partial charge on any atom is -0.395 e. The molecular weight excluding hydrogens is 322 g/mol. The van der Waals surface area contributed by atoms with Gasteiger partial charge in [0.15, 0.2) is 21.3 Å². The molecular formula is C12H12F2N2O5S. The Bertz CT molecular complexity index is 722. The van der Waals surface area contributed by atoms with Crippen LogP contribution in [0.2, 0.25) is 0 Å². The van der Waals surface area contributed by atoms with Crippen LogP contribution in [-0.2, 0) is 9.84 Å². The third kappa shape index (κ3) is 3.21. The van der Waals surface area contributed by atoms with Crippen molar-refractivity contribution in [2.24, 2.45) is 0 Å². The van der Waals surface area contributed by atoms with Crippen LogP contribution in [-0.4, -0.2) is 38.3 Å². The van der Waals surface area contributed by atoms with E-state index in [0.29, 0.717) is 6.42 Å². The molecule has 0 bridgehead atoms. The summed E-state index contributed by atoms with van der Waals surface area (Å²) in [5.41, 5.74) is 0.221. The Kier molecular flexibility index (Phi) is 3.35. The number of hydrogen-bond donors (Lipinski definition) is 2. The van der Waals surface area contributed by atoms with E-state index in [1.54, 1.807) is 0 Å². The summed E-state index contributed by atoms with van der Waals surface area (Å²) >= 11 is 0. The van der Waals surface area contributed by atoms with Crippen LogP contribution in [0.5, 0.6) is 11.5 Å². The summed E-state index contributed by atoms with van der Waals surface area (Å²) in [6.07, 6.45) is -3.37. The number of fused-ring (bicyclic) bond motifs is 1. The molecule has 2 amide bonds. The molecule has 1 fully saturated rings. The highest BCUT2D eigenvalue weighted by Crippen LogP contribution is 2.42. The smallest absolute Gasteiger partial charge is 0.395 e. The van der Waals surface area contributed by atoms with Gasteiger partial charge in [0.25, 0.3) is 0 Å². The van der Waals surface area contributed by atoms with Gasteiger partial charge in [-0.3, -0.25) is 0 Å². The monoisotopic (exact) mass is 334 g/mol. The zero-order chi connectivity index (χ0) is 16.0. The van der Waals surface area contributed by atoms with Crippen molar-refractivity contribution in [1.29, 1.82) is 0 Å². The second-order valence-electron chi connectivity index (χ2n) is 5.03. The number of rotatable bonds is 2. The average molecular weight is 334 g/mol. The summed E-state index contributed by atoms with van der Waals surface area (Å²) in [6.45, 7) is 0. The largest absolute Gasteiger partial charge is 0.586 e. The molecule has 0 spiro atoms. The van der Waals surface area contributed by atoms with E-state index in [1.807, 2.05) is 0 Å². The maximum Gasteiger partial charge on any atom is 0.586 e. The fraction of sp³-hybridized carbons (Fsp3) is 0.417. The first kappa shape index (κ1) is 14.8. The molecule has 3 rings (SSSR count). The van der Waals surface area contributed by atoms with Crippen LogP contribution in [0, 0.1) is 0 Å². The van der Waals surface area contributed by atoms with Gasteiger partial charge in [0.2, 0.25) is 0 Å². The van der Waals surface area contributed by atoms with Gasteiger partial charge in [0.1, 0.15) is 0 Å². The van der Waals surface area contributed by atoms with Crippen molar-refractivity contribution in [1.82, 2.24) is 5.32 Å². The van der Waals surface area contributed by atoms with Crippen molar-refractivity contribution >= 4 is 21.6 Å². The summed E-state index contributed by atoms with van der Waals surface area (Å²) < 4.78 is 56.8. The molecule has 10 heteroatoms. The molecule has 120 valence electrons. The van der Waals surface area contributed by atoms with Crippen molar-refractivity contribution in [3.63, 3.8) is 0 Å². The van der Waals surface area contributed by atoms with E-state index in [4.69, 9.17) is 0 Å². The molecule has 1 saturated heterocycles. The maximum atomic E-state index is 12.9. The molecule has 0 saturated carbocycles. The second kappa shape index (κ2) is 4.97. The Morgan fingerprint density at radius 2 is 2.00 bits per heavy atom. The van der Waals surface area contributed by atoms with Crippen molar-refractivity contribution in [3.8, 4) is 11.5 Å². The average Bonchev–Trinajstić information content (AvgIpc) is 2.86. The van der Waals surface area contributed by atoms with Crippen LogP contribution in [0.4, 0.5) is 19.3 Å². The number of carbonyl (C=O) groups is 1. The molecule has 2 aliphatic heterocycles. The number of alkyl halides is 2. The lowest BCUT2D eigenvalue weighted by atomic mass is 10.2. The van der Waals surface area contributed by atoms with Crippen LogP contribution in [0.15, 0.2) is 18.2 Å². The number of amides is 2. The van der Waals surface area contributed by atoms with Gasteiger partial charge >= 0.3 is 12.3 Å². The molecule has 2 N–H and O–H groups in total. The molecule has 1 aromatic rings. The van der Waals surface area contributed by atoms with Crippen LogP contribution in [0.25, 0.3) is 0 Å². The molecule has 1 aromatic carbocycles. The molecule has 7 nitrogen and oxygen atoms in total. The highest BCUT2D eigenvalue weighted by molar-refractivity contribution is 7.91. The first-order chi connectivity index (χ1) is 10.2. The third-order valence-electron chi connectivity index (χ3n) is 3.23. The Morgan fingerprint density at radius 1 is 1.27 bits per heavy atom. The van der Waals surface area contributed by atoms with E-state index < -0.39 is 28.2 Å². The fourth-order valence-corrected chi connectivity index (χ4v) is 3.96. The highest BCUT2D eigenvalue weighted by Gasteiger charge is 2.43. The standard InChI is InChI=1S/C12H12F2N2O5S/c13-12(14)20-9-2-1-7(5-10(9)21-12)15-11(17)16-8-3-4-22(18,19)6-8/h1-2,5,8H,3-4,6H2,(H2,15,16,17). The summed E-state index contributed by atoms with van der Waals surface area (Å²) in [4.78, 5) is 11.8. The molecule has 1 unspecified atom stereocenters. The Balaban J connectivity index is 1.61. The van der Waals surface area contributed by atoms with E-state index in [9.17, 15) is 22.0 Å². The fourth-order valence-electron chi connectivity index (χ4n) is 2.29. The minimum atomic E-state index is -3.72. The first-order valence-corrected chi connectivity index (χ1v) is 8.22. The number of sulfone groups is 1. The number of anilines is 1. The van der Waals surface area contributed by atoms with E-state index in [0.717, 1.165) is 0 Å². The van der Waals surface area contributed by atoms with Gasteiger partial charge in [-0.1, -0.05) is 0 Å². The van der Waals surface area contributed by atoms with E-state index >= 15 is 0 Å². The van der Waals surface area contributed by atoms with Crippen molar-refractivity contribution in [2.45, 2.75) is 18.8 Å². The lowest BCUT2D eigenvalue weighted by molar-refractivity contribution is -0.286. The number of halogens is 2. The normalized spacial score (nSPS) is 24.0. The number of benzene rings is 1. The van der Waals surface area contributed by atoms with E-state index in [-0.39, 0.29) is 28.7 Å². The maximum absolute atomic E-state index is 12.9. The summed E-state index contributed by atoms with van der Waals surface area (Å²) in [6, 6.07) is 2.73. The van der Waals surface area contributed by atoms with Gasteiger partial charge < -0.3 is 20.1 Å². The van der Waals surface area contributed by atoms with Crippen molar-refractivity contribution in [2.75, 3.05) is 16.8 Å². The molecule has 2 heterocycles. The summed E-state index contributed by atoms with van der Waals surface area (Å²) in [5, 5.41) is 4.95. The predicted octanol–water partition coefficient (Wildman–Crippen LogP) is 1.32. The van der Waals surface area contributed by atoms with Gasteiger partial charge in [-0.05, 0) is 18.6 Å². The van der Waals surface area contributed by atoms with Gasteiger partial charge in [0, 0.05) is 17.8 Å². The number of urea groups is 1. The molecule has 22 heavy (non-hydrogen) atoms. The van der Waals surface area contributed by atoms with Crippen LogP contribution >= 0.6 is 0 Å². The zero-order valence-corrected chi connectivity index (χ0v) is 12.0. The Morgan fingerprint density at radius 3 is 2.68 bits per heavy atom. The topological polar surface area (TPSA) is 93.7 Å². The second-order valence-corrected chi connectivity index (χ2v) is 7.26. The lowest BCUT2D eigenvalue weighted by Gasteiger charge is -2.12. The molecule has 2 aliphatic rings. The van der Waals surface area contributed by atoms with Gasteiger partial charge in [-0.2, -0.15) is 0 Å².